The quantitative estimate of drug-likeness (QED) is 0.256. The first-order valence-electron chi connectivity index (χ1n) is 16.1. The van der Waals surface area contributed by atoms with E-state index in [1.54, 1.807) is 0 Å². The van der Waals surface area contributed by atoms with Crippen molar-refractivity contribution in [3.05, 3.63) is 106 Å². The van der Waals surface area contributed by atoms with Crippen LogP contribution in [0.3, 0.4) is 0 Å². The molecule has 4 heteroatoms. The lowest BCUT2D eigenvalue weighted by Gasteiger charge is -2.64. The Morgan fingerprint density at radius 2 is 0.744 bits per heavy atom. The van der Waals surface area contributed by atoms with E-state index in [0.29, 0.717) is 38.9 Å². The zero-order valence-corrected chi connectivity index (χ0v) is 26.6. The van der Waals surface area contributed by atoms with E-state index in [1.165, 1.54) is 16.7 Å². The number of piperidine rings is 3. The van der Waals surface area contributed by atoms with Gasteiger partial charge in [-0.15, -0.1) is 0 Å². The summed E-state index contributed by atoms with van der Waals surface area (Å²) in [5.74, 6) is 0.352. The molecule has 7 rings (SSSR count). The van der Waals surface area contributed by atoms with Crippen LogP contribution in [0.2, 0.25) is 0 Å². The molecule has 0 radical (unpaired) electrons. The second kappa shape index (κ2) is 10.7. The maximum Gasteiger partial charge on any atom is 0.163 e. The molecule has 0 N–H and O–H groups in total. The van der Waals surface area contributed by atoms with Crippen LogP contribution in [-0.2, 0) is 33.6 Å². The topological polar surface area (TPSA) is 54.5 Å². The number of carbonyl (C=O) groups excluding carboxylic acids is 3. The Hall–Kier alpha value is -3.37. The molecule has 3 saturated heterocycles. The van der Waals surface area contributed by atoms with Crippen LogP contribution in [0.1, 0.15) is 92.7 Å². The van der Waals surface area contributed by atoms with Crippen LogP contribution in [0.4, 0.5) is 0 Å². The summed E-state index contributed by atoms with van der Waals surface area (Å²) in [4.78, 5) is 47.6. The Balaban J connectivity index is 1.55. The van der Waals surface area contributed by atoms with Crippen molar-refractivity contribution in [2.75, 3.05) is 19.6 Å². The maximum atomic E-state index is 15.1. The number of benzene rings is 3. The average molecular weight is 576 g/mol. The van der Waals surface area contributed by atoms with Crippen LogP contribution in [0.15, 0.2) is 72.8 Å². The van der Waals surface area contributed by atoms with E-state index < -0.39 is 16.2 Å². The van der Waals surface area contributed by atoms with Gasteiger partial charge in [-0.2, -0.15) is 0 Å². The molecule has 3 aromatic rings. The highest BCUT2D eigenvalue weighted by molar-refractivity contribution is 6.33. The Labute approximate surface area is 256 Å². The highest BCUT2D eigenvalue weighted by atomic mass is 16.2. The van der Waals surface area contributed by atoms with Crippen LogP contribution in [0.5, 0.6) is 0 Å². The van der Waals surface area contributed by atoms with Crippen molar-refractivity contribution in [3.63, 3.8) is 0 Å². The van der Waals surface area contributed by atoms with Crippen LogP contribution in [0, 0.1) is 16.2 Å². The summed E-state index contributed by atoms with van der Waals surface area (Å²) in [5.41, 5.74) is 2.91. The van der Waals surface area contributed by atoms with E-state index in [2.05, 4.69) is 82.8 Å². The molecule has 0 spiro atoms. The number of hydrogen-bond acceptors (Lipinski definition) is 4. The largest absolute Gasteiger partial charge is 0.299 e. The molecule has 0 atom stereocenters. The molecule has 3 aromatic carbocycles. The second-order valence-corrected chi connectivity index (χ2v) is 14.5. The molecule has 4 nitrogen and oxygen atoms in total. The van der Waals surface area contributed by atoms with Gasteiger partial charge in [-0.3, -0.25) is 19.3 Å². The first-order chi connectivity index (χ1) is 20.4. The van der Waals surface area contributed by atoms with Gasteiger partial charge in [0.25, 0.3) is 0 Å². The summed E-state index contributed by atoms with van der Waals surface area (Å²) < 4.78 is 0. The van der Waals surface area contributed by atoms with Crippen molar-refractivity contribution in [1.29, 1.82) is 0 Å². The molecule has 3 heterocycles. The molecule has 1 aliphatic carbocycles. The normalized spacial score (nSPS) is 28.1. The monoisotopic (exact) mass is 575 g/mol. The second-order valence-electron chi connectivity index (χ2n) is 14.5. The molecular formula is C39H45NO3. The highest BCUT2D eigenvalue weighted by Crippen LogP contribution is 2.59. The summed E-state index contributed by atoms with van der Waals surface area (Å²) in [7, 11) is 0. The zero-order valence-electron chi connectivity index (χ0n) is 26.6. The number of nitrogens with zero attached hydrogens (tertiary/aromatic N) is 1. The van der Waals surface area contributed by atoms with Gasteiger partial charge >= 0.3 is 0 Å². The molecule has 3 aliphatic heterocycles. The first-order valence-corrected chi connectivity index (χ1v) is 16.1. The molecule has 224 valence electrons. The van der Waals surface area contributed by atoms with Crippen molar-refractivity contribution in [1.82, 2.24) is 4.90 Å². The Morgan fingerprint density at radius 1 is 0.488 bits per heavy atom. The lowest BCUT2D eigenvalue weighted by atomic mass is 9.42. The molecular weight excluding hydrogens is 530 g/mol. The lowest BCUT2D eigenvalue weighted by Crippen LogP contribution is -2.82. The Kier molecular flexibility index (Phi) is 7.36. The van der Waals surface area contributed by atoms with Crippen molar-refractivity contribution >= 4 is 17.3 Å². The third kappa shape index (κ3) is 4.47. The van der Waals surface area contributed by atoms with Gasteiger partial charge in [0.05, 0.1) is 0 Å². The molecule has 1 saturated carbocycles. The zero-order chi connectivity index (χ0) is 30.7. The summed E-state index contributed by atoms with van der Waals surface area (Å²) >= 11 is 0. The highest BCUT2D eigenvalue weighted by Gasteiger charge is 2.77. The fourth-order valence-electron chi connectivity index (χ4n) is 8.83. The minimum atomic E-state index is -1.24. The first kappa shape index (κ1) is 29.7. The third-order valence-electron chi connectivity index (χ3n) is 10.6. The van der Waals surface area contributed by atoms with Gasteiger partial charge < -0.3 is 0 Å². The summed E-state index contributed by atoms with van der Waals surface area (Å²) in [6.07, 6.45) is 1.05. The molecule has 4 aliphatic rings. The van der Waals surface area contributed by atoms with Gasteiger partial charge in [0, 0.05) is 19.6 Å². The number of ketones is 3. The van der Waals surface area contributed by atoms with Crippen LogP contribution in [0.25, 0.3) is 0 Å². The predicted molar refractivity (Wildman–Crippen MR) is 171 cm³/mol. The van der Waals surface area contributed by atoms with Gasteiger partial charge in [-0.1, -0.05) is 114 Å². The molecule has 0 amide bonds. The summed E-state index contributed by atoms with van der Waals surface area (Å²) in [6, 6.07) is 24.7. The number of rotatable bonds is 9. The number of carbonyl (C=O) groups is 3. The maximum absolute atomic E-state index is 15.1. The fraction of sp³-hybridized carbons (Fsp3) is 0.462. The number of hydrogen-bond donors (Lipinski definition) is 0. The third-order valence-corrected chi connectivity index (χ3v) is 10.6. The van der Waals surface area contributed by atoms with E-state index >= 15 is 14.4 Å². The van der Waals surface area contributed by atoms with E-state index in [0.717, 1.165) is 16.7 Å². The molecule has 43 heavy (non-hydrogen) atoms. The number of Topliss-reactive ketones (excluding diaryl/α,β-unsaturated/α-hetero) is 3. The van der Waals surface area contributed by atoms with Crippen molar-refractivity contribution in [3.8, 4) is 0 Å². The van der Waals surface area contributed by atoms with E-state index in [1.807, 2.05) is 36.4 Å². The lowest BCUT2D eigenvalue weighted by molar-refractivity contribution is -0.192. The van der Waals surface area contributed by atoms with E-state index in [4.69, 9.17) is 0 Å². The van der Waals surface area contributed by atoms with Gasteiger partial charge in [-0.25, -0.2) is 0 Å². The van der Waals surface area contributed by atoms with Crippen LogP contribution < -0.4 is 0 Å². The van der Waals surface area contributed by atoms with Gasteiger partial charge in [-0.05, 0) is 70.4 Å². The van der Waals surface area contributed by atoms with Crippen LogP contribution >= 0.6 is 0 Å². The molecule has 0 unspecified atom stereocenters. The summed E-state index contributed by atoms with van der Waals surface area (Å²) in [5, 5.41) is 0. The van der Waals surface area contributed by atoms with Gasteiger partial charge in [0.15, 0.2) is 17.3 Å². The average Bonchev–Trinajstić information content (AvgIpc) is 2.98. The van der Waals surface area contributed by atoms with E-state index in [9.17, 15) is 0 Å². The summed E-state index contributed by atoms with van der Waals surface area (Å²) in [6.45, 7) is 14.1. The van der Waals surface area contributed by atoms with Crippen LogP contribution in [-0.4, -0.2) is 41.9 Å². The minimum absolute atomic E-state index is 0.143. The Morgan fingerprint density at radius 3 is 1.00 bits per heavy atom. The van der Waals surface area contributed by atoms with Crippen molar-refractivity contribution < 1.29 is 14.4 Å². The molecule has 4 bridgehead atoms. The SMILES string of the molecule is CC(C)c1ccccc1CC12CN3CC(Cc4ccccc4C(C)C)(C1=O)C(=O)C(Cc1ccccc1C(C)C)(C3)C2=O. The van der Waals surface area contributed by atoms with Gasteiger partial charge in [0.2, 0.25) is 0 Å². The van der Waals surface area contributed by atoms with E-state index in [-0.39, 0.29) is 35.1 Å². The fourth-order valence-corrected chi connectivity index (χ4v) is 8.83. The molecule has 4 fully saturated rings. The van der Waals surface area contributed by atoms with Crippen molar-refractivity contribution in [2.45, 2.75) is 78.6 Å². The minimum Gasteiger partial charge on any atom is -0.299 e. The molecule has 0 aromatic heterocycles. The van der Waals surface area contributed by atoms with Gasteiger partial charge in [0.1, 0.15) is 16.2 Å². The Bertz CT molecular complexity index is 1390. The standard InChI is InChI=1S/C39H45NO3/c1-25(2)31-16-10-7-13-28(31)19-37-22-40-23-38(34(37)41,20-29-14-8-11-17-32(29)26(3)4)36(43)39(24-40,35(37)42)21-30-15-9-12-18-33(30)27(5)6/h7-18,25-27H,19-24H2,1-6H3. The smallest absolute Gasteiger partial charge is 0.163 e. The van der Waals surface area contributed by atoms with Crippen molar-refractivity contribution in [2.24, 2.45) is 16.2 Å². The predicted octanol–water partition coefficient (Wildman–Crippen LogP) is 7.09.